The standard InChI is InChI=1S/C19H28N4O.ClH/c1-12-9-7-8-10-18(12)23-16(5)17(15(4)21-23)11-22(6)19(24)13(2)14(3)20;/h7-10,13-14H,11,20H2,1-6H3;1H. The predicted molar refractivity (Wildman–Crippen MR) is 104 cm³/mol. The smallest absolute Gasteiger partial charge is 0.226 e. The molecule has 2 atom stereocenters. The van der Waals surface area contributed by atoms with Gasteiger partial charge in [0, 0.05) is 30.9 Å². The third kappa shape index (κ3) is 4.41. The van der Waals surface area contributed by atoms with E-state index in [9.17, 15) is 4.79 Å². The first-order chi connectivity index (χ1) is 11.2. The van der Waals surface area contributed by atoms with Crippen molar-refractivity contribution in [1.29, 1.82) is 0 Å². The Bertz CT molecular complexity index is 739. The minimum absolute atomic E-state index is 0. The maximum Gasteiger partial charge on any atom is 0.226 e. The van der Waals surface area contributed by atoms with Gasteiger partial charge in [-0.25, -0.2) is 4.68 Å². The van der Waals surface area contributed by atoms with E-state index in [0.717, 1.165) is 22.6 Å². The first-order valence-electron chi connectivity index (χ1n) is 8.35. The largest absolute Gasteiger partial charge is 0.341 e. The van der Waals surface area contributed by atoms with Crippen LogP contribution in [0.25, 0.3) is 5.69 Å². The van der Waals surface area contributed by atoms with E-state index in [1.165, 1.54) is 5.56 Å². The Hall–Kier alpha value is -1.85. The fourth-order valence-corrected chi connectivity index (χ4v) is 2.83. The maximum absolute atomic E-state index is 12.5. The SMILES string of the molecule is Cc1ccccc1-n1nc(C)c(CN(C)C(=O)C(C)C(C)N)c1C.Cl. The summed E-state index contributed by atoms with van der Waals surface area (Å²) < 4.78 is 1.97. The van der Waals surface area contributed by atoms with Crippen molar-refractivity contribution in [1.82, 2.24) is 14.7 Å². The van der Waals surface area contributed by atoms with Crippen molar-refractivity contribution in [2.24, 2.45) is 11.7 Å². The molecule has 25 heavy (non-hydrogen) atoms. The minimum atomic E-state index is -0.193. The van der Waals surface area contributed by atoms with Gasteiger partial charge in [-0.15, -0.1) is 12.4 Å². The molecule has 0 fully saturated rings. The molecular weight excluding hydrogens is 336 g/mol. The molecule has 1 amide bonds. The molecule has 2 aromatic rings. The Kier molecular flexibility index (Phi) is 7.20. The quantitative estimate of drug-likeness (QED) is 0.886. The van der Waals surface area contributed by atoms with Crippen LogP contribution in [0.2, 0.25) is 0 Å². The molecule has 5 nitrogen and oxygen atoms in total. The van der Waals surface area contributed by atoms with Crippen molar-refractivity contribution in [3.8, 4) is 5.69 Å². The lowest BCUT2D eigenvalue weighted by atomic mass is 10.0. The molecule has 0 aliphatic heterocycles. The molecule has 138 valence electrons. The number of amides is 1. The zero-order valence-corrected chi connectivity index (χ0v) is 16.7. The van der Waals surface area contributed by atoms with Crippen molar-refractivity contribution in [3.05, 3.63) is 46.8 Å². The molecule has 2 N–H and O–H groups in total. The average Bonchev–Trinajstić information content (AvgIpc) is 2.81. The Morgan fingerprint density at radius 1 is 1.24 bits per heavy atom. The van der Waals surface area contributed by atoms with Crippen LogP contribution in [0.1, 0.15) is 36.4 Å². The highest BCUT2D eigenvalue weighted by Crippen LogP contribution is 2.22. The van der Waals surface area contributed by atoms with Gasteiger partial charge >= 0.3 is 0 Å². The highest BCUT2D eigenvalue weighted by molar-refractivity contribution is 5.85. The van der Waals surface area contributed by atoms with Crippen LogP contribution in [0, 0.1) is 26.7 Å². The molecule has 2 rings (SSSR count). The van der Waals surface area contributed by atoms with Gasteiger partial charge < -0.3 is 10.6 Å². The topological polar surface area (TPSA) is 64.2 Å². The zero-order valence-electron chi connectivity index (χ0n) is 15.9. The monoisotopic (exact) mass is 364 g/mol. The Morgan fingerprint density at radius 3 is 2.40 bits per heavy atom. The third-order valence-corrected chi connectivity index (χ3v) is 4.73. The number of aryl methyl sites for hydroxylation is 2. The number of hydrogen-bond acceptors (Lipinski definition) is 3. The molecule has 0 aliphatic rings. The number of halogens is 1. The van der Waals surface area contributed by atoms with E-state index >= 15 is 0 Å². The number of benzene rings is 1. The van der Waals surface area contributed by atoms with Crippen LogP contribution >= 0.6 is 12.4 Å². The summed E-state index contributed by atoms with van der Waals surface area (Å²) >= 11 is 0. The van der Waals surface area contributed by atoms with Gasteiger partial charge in [-0.2, -0.15) is 5.10 Å². The summed E-state index contributed by atoms with van der Waals surface area (Å²) in [5.41, 5.74) is 11.2. The number of nitrogens with two attached hydrogens (primary N) is 1. The average molecular weight is 365 g/mol. The first kappa shape index (κ1) is 21.2. The fourth-order valence-electron chi connectivity index (χ4n) is 2.83. The molecule has 1 aromatic heterocycles. The van der Waals surface area contributed by atoms with Crippen LogP contribution in [0.15, 0.2) is 24.3 Å². The van der Waals surface area contributed by atoms with Gasteiger partial charge in [0.1, 0.15) is 0 Å². The number of hydrogen-bond donors (Lipinski definition) is 1. The van der Waals surface area contributed by atoms with Crippen molar-refractivity contribution in [2.75, 3.05) is 7.05 Å². The van der Waals surface area contributed by atoms with E-state index in [-0.39, 0.29) is 30.3 Å². The van der Waals surface area contributed by atoms with Crippen LogP contribution in [0.3, 0.4) is 0 Å². The van der Waals surface area contributed by atoms with Gasteiger partial charge in [-0.05, 0) is 39.3 Å². The molecule has 1 aromatic carbocycles. The summed E-state index contributed by atoms with van der Waals surface area (Å²) in [5, 5.41) is 4.69. The Morgan fingerprint density at radius 2 is 1.84 bits per heavy atom. The van der Waals surface area contributed by atoms with E-state index < -0.39 is 0 Å². The van der Waals surface area contributed by atoms with Gasteiger partial charge in [0.05, 0.1) is 17.3 Å². The maximum atomic E-state index is 12.5. The Labute approximate surface area is 156 Å². The highest BCUT2D eigenvalue weighted by atomic mass is 35.5. The summed E-state index contributed by atoms with van der Waals surface area (Å²) in [4.78, 5) is 14.2. The molecule has 2 unspecified atom stereocenters. The summed E-state index contributed by atoms with van der Waals surface area (Å²) in [6.45, 7) is 10.4. The normalized spacial score (nSPS) is 13.1. The molecule has 0 saturated carbocycles. The van der Waals surface area contributed by atoms with E-state index in [2.05, 4.69) is 31.1 Å². The second-order valence-corrected chi connectivity index (χ2v) is 6.69. The highest BCUT2D eigenvalue weighted by Gasteiger charge is 2.23. The van der Waals surface area contributed by atoms with Crippen molar-refractivity contribution >= 4 is 18.3 Å². The number of nitrogens with zero attached hydrogens (tertiary/aromatic N) is 3. The van der Waals surface area contributed by atoms with E-state index in [1.54, 1.807) is 4.90 Å². The second-order valence-electron chi connectivity index (χ2n) is 6.69. The lowest BCUT2D eigenvalue weighted by molar-refractivity contribution is -0.134. The van der Waals surface area contributed by atoms with Crippen LogP contribution in [0.4, 0.5) is 0 Å². The van der Waals surface area contributed by atoms with Crippen LogP contribution in [0.5, 0.6) is 0 Å². The fraction of sp³-hybridized carbons (Fsp3) is 0.474. The van der Waals surface area contributed by atoms with Crippen LogP contribution in [-0.2, 0) is 11.3 Å². The van der Waals surface area contributed by atoms with Gasteiger partial charge in [-0.1, -0.05) is 25.1 Å². The Balaban J connectivity index is 0.00000312. The molecule has 0 aliphatic carbocycles. The van der Waals surface area contributed by atoms with Gasteiger partial charge in [0.25, 0.3) is 0 Å². The van der Waals surface area contributed by atoms with Gasteiger partial charge in [0.15, 0.2) is 0 Å². The van der Waals surface area contributed by atoms with Crippen LogP contribution in [-0.4, -0.2) is 33.7 Å². The number of carbonyl (C=O) groups excluding carboxylic acids is 1. The lowest BCUT2D eigenvalue weighted by Crippen LogP contribution is -2.39. The molecule has 0 radical (unpaired) electrons. The molecule has 6 heteroatoms. The number of aromatic nitrogens is 2. The molecule has 1 heterocycles. The van der Waals surface area contributed by atoms with E-state index in [1.807, 2.05) is 44.6 Å². The predicted octanol–water partition coefficient (Wildman–Crippen LogP) is 3.16. The molecular formula is C19H29ClN4O. The van der Waals surface area contributed by atoms with E-state index in [0.29, 0.717) is 6.54 Å². The summed E-state index contributed by atoms with van der Waals surface area (Å²) in [6.07, 6.45) is 0. The molecule has 0 saturated heterocycles. The lowest BCUT2D eigenvalue weighted by Gasteiger charge is -2.23. The molecule has 0 spiro atoms. The third-order valence-electron chi connectivity index (χ3n) is 4.73. The summed E-state index contributed by atoms with van der Waals surface area (Å²) in [7, 11) is 1.82. The number of rotatable bonds is 5. The van der Waals surface area contributed by atoms with Crippen molar-refractivity contribution in [2.45, 2.75) is 47.2 Å². The zero-order chi connectivity index (χ0) is 18.0. The van der Waals surface area contributed by atoms with E-state index in [4.69, 9.17) is 5.73 Å². The first-order valence-corrected chi connectivity index (χ1v) is 8.35. The van der Waals surface area contributed by atoms with Crippen molar-refractivity contribution < 1.29 is 4.79 Å². The summed E-state index contributed by atoms with van der Waals surface area (Å²) in [6, 6.07) is 8.01. The second kappa shape index (κ2) is 8.50. The number of carbonyl (C=O) groups is 1. The van der Waals surface area contributed by atoms with Crippen molar-refractivity contribution in [3.63, 3.8) is 0 Å². The summed E-state index contributed by atoms with van der Waals surface area (Å²) in [5.74, 6) is -0.130. The van der Waals surface area contributed by atoms with Gasteiger partial charge in [0.2, 0.25) is 5.91 Å². The molecule has 0 bridgehead atoms. The number of para-hydroxylation sites is 1. The van der Waals surface area contributed by atoms with Gasteiger partial charge in [-0.3, -0.25) is 4.79 Å². The minimum Gasteiger partial charge on any atom is -0.341 e. The van der Waals surface area contributed by atoms with Crippen LogP contribution < -0.4 is 5.73 Å².